The molecule has 0 spiro atoms. The molecule has 11 rings (SSSR count). The van der Waals surface area contributed by atoms with Crippen LogP contribution in [-0.2, 0) is 0 Å². The van der Waals surface area contributed by atoms with E-state index >= 15 is 0 Å². The zero-order valence-corrected chi connectivity index (χ0v) is 32.9. The standard InChI is InChI=1S/C54H38N4S/c1-6-16-38(17-7-1)55-39-26-35-52-48(36-39)47-32-34-51-53(54(47)59-52)49-37-46(57(42-22-12-4-13-23-42)43-24-14-5-15-25-43)31-33-50(49)58(51)45-29-27-44(28-30-45)56(40-18-8-2-9-19-40)41-20-10-3-11-21-41/h1-37,55H. The second-order valence-electron chi connectivity index (χ2n) is 14.7. The van der Waals surface area contributed by atoms with Crippen molar-refractivity contribution in [2.24, 2.45) is 0 Å². The monoisotopic (exact) mass is 774 g/mol. The minimum absolute atomic E-state index is 1.08. The van der Waals surface area contributed by atoms with Gasteiger partial charge in [0.15, 0.2) is 0 Å². The lowest BCUT2D eigenvalue weighted by Gasteiger charge is -2.26. The fraction of sp³-hybridized carbons (Fsp3) is 0. The molecule has 0 fully saturated rings. The molecule has 5 heteroatoms. The minimum Gasteiger partial charge on any atom is -0.356 e. The third-order valence-electron chi connectivity index (χ3n) is 11.1. The molecule has 0 aliphatic rings. The number of rotatable bonds is 9. The first-order chi connectivity index (χ1) is 29.3. The Morgan fingerprint density at radius 1 is 0.356 bits per heavy atom. The van der Waals surface area contributed by atoms with E-state index in [0.29, 0.717) is 0 Å². The summed E-state index contributed by atoms with van der Waals surface area (Å²) in [5.74, 6) is 0. The van der Waals surface area contributed by atoms with Crippen molar-refractivity contribution in [3.8, 4) is 5.69 Å². The lowest BCUT2D eigenvalue weighted by atomic mass is 10.1. The van der Waals surface area contributed by atoms with Gasteiger partial charge in [-0.05, 0) is 127 Å². The van der Waals surface area contributed by atoms with Gasteiger partial charge in [-0.3, -0.25) is 0 Å². The largest absolute Gasteiger partial charge is 0.356 e. The molecular weight excluding hydrogens is 737 g/mol. The van der Waals surface area contributed by atoms with Crippen molar-refractivity contribution in [3.63, 3.8) is 0 Å². The zero-order valence-electron chi connectivity index (χ0n) is 32.1. The number of thiophene rings is 1. The van der Waals surface area contributed by atoms with Crippen molar-refractivity contribution >= 4 is 98.8 Å². The van der Waals surface area contributed by atoms with Crippen LogP contribution in [0.2, 0.25) is 0 Å². The summed E-state index contributed by atoms with van der Waals surface area (Å²) in [6, 6.07) is 80.2. The minimum atomic E-state index is 1.08. The number of anilines is 8. The van der Waals surface area contributed by atoms with Gasteiger partial charge in [-0.1, -0.05) is 97.1 Å². The topological polar surface area (TPSA) is 23.4 Å². The maximum atomic E-state index is 3.62. The first-order valence-corrected chi connectivity index (χ1v) is 20.7. The van der Waals surface area contributed by atoms with Gasteiger partial charge < -0.3 is 19.7 Å². The van der Waals surface area contributed by atoms with E-state index in [-0.39, 0.29) is 0 Å². The Labute approximate surface area is 347 Å². The molecule has 0 atom stereocenters. The van der Waals surface area contributed by atoms with Crippen molar-refractivity contribution in [2.45, 2.75) is 0 Å². The van der Waals surface area contributed by atoms with E-state index in [4.69, 9.17) is 0 Å². The van der Waals surface area contributed by atoms with E-state index in [1.54, 1.807) is 0 Å². The molecule has 0 amide bonds. The molecule has 0 saturated heterocycles. The summed E-state index contributed by atoms with van der Waals surface area (Å²) in [6.07, 6.45) is 0. The fourth-order valence-corrected chi connectivity index (χ4v) is 9.70. The van der Waals surface area contributed by atoms with Gasteiger partial charge in [0.05, 0.1) is 11.0 Å². The van der Waals surface area contributed by atoms with Crippen molar-refractivity contribution in [1.29, 1.82) is 0 Å². The number of nitrogens with zero attached hydrogens (tertiary/aromatic N) is 3. The van der Waals surface area contributed by atoms with Crippen LogP contribution in [0.3, 0.4) is 0 Å². The highest BCUT2D eigenvalue weighted by molar-refractivity contribution is 7.26. The highest BCUT2D eigenvalue weighted by atomic mass is 32.1. The summed E-state index contributed by atoms with van der Waals surface area (Å²) in [5, 5.41) is 8.62. The van der Waals surface area contributed by atoms with Crippen LogP contribution < -0.4 is 15.1 Å². The molecule has 280 valence electrons. The van der Waals surface area contributed by atoms with Crippen LogP contribution in [0.15, 0.2) is 224 Å². The number of para-hydroxylation sites is 5. The van der Waals surface area contributed by atoms with Crippen LogP contribution in [0.1, 0.15) is 0 Å². The molecule has 0 aliphatic heterocycles. The Balaban J connectivity index is 1.12. The SMILES string of the molecule is c1ccc(Nc2ccc3sc4c(ccc5c4c4cc(N(c6ccccc6)c6ccccc6)ccc4n5-c4ccc(N(c5ccccc5)c5ccccc5)cc4)c3c2)cc1. The number of fused-ring (bicyclic) bond motifs is 7. The van der Waals surface area contributed by atoms with Crippen molar-refractivity contribution in [2.75, 3.05) is 15.1 Å². The quantitative estimate of drug-likeness (QED) is 0.158. The predicted octanol–water partition coefficient (Wildman–Crippen LogP) is 15.8. The van der Waals surface area contributed by atoms with E-state index in [2.05, 4.69) is 238 Å². The van der Waals surface area contributed by atoms with Gasteiger partial charge >= 0.3 is 0 Å². The molecule has 2 heterocycles. The summed E-state index contributed by atoms with van der Waals surface area (Å²) in [6.45, 7) is 0. The molecule has 0 bridgehead atoms. The highest BCUT2D eigenvalue weighted by Crippen LogP contribution is 2.46. The predicted molar refractivity (Wildman–Crippen MR) is 253 cm³/mol. The molecule has 4 nitrogen and oxygen atoms in total. The molecule has 0 aliphatic carbocycles. The molecule has 0 saturated carbocycles. The van der Waals surface area contributed by atoms with Gasteiger partial charge in [0.2, 0.25) is 0 Å². The molecular formula is C54H38N4S. The summed E-state index contributed by atoms with van der Waals surface area (Å²) in [4.78, 5) is 4.66. The first kappa shape index (κ1) is 34.6. The van der Waals surface area contributed by atoms with Crippen molar-refractivity contribution in [3.05, 3.63) is 224 Å². The van der Waals surface area contributed by atoms with E-state index in [9.17, 15) is 0 Å². The molecule has 1 N–H and O–H groups in total. The van der Waals surface area contributed by atoms with Gasteiger partial charge in [0.25, 0.3) is 0 Å². The fourth-order valence-electron chi connectivity index (χ4n) is 8.46. The van der Waals surface area contributed by atoms with Crippen molar-refractivity contribution < 1.29 is 0 Å². The first-order valence-electron chi connectivity index (χ1n) is 19.9. The zero-order chi connectivity index (χ0) is 39.1. The Kier molecular flexibility index (Phi) is 8.64. The normalized spacial score (nSPS) is 11.4. The van der Waals surface area contributed by atoms with E-state index in [1.807, 2.05) is 17.4 Å². The summed E-state index contributed by atoms with van der Waals surface area (Å²) >= 11 is 1.88. The van der Waals surface area contributed by atoms with Crippen LogP contribution in [-0.4, -0.2) is 4.57 Å². The maximum Gasteiger partial charge on any atom is 0.0555 e. The average molecular weight is 775 g/mol. The van der Waals surface area contributed by atoms with Crippen LogP contribution in [0.4, 0.5) is 45.5 Å². The molecule has 2 aromatic heterocycles. The van der Waals surface area contributed by atoms with E-state index in [0.717, 1.165) is 56.7 Å². The third kappa shape index (κ3) is 6.25. The number of aromatic nitrogens is 1. The smallest absolute Gasteiger partial charge is 0.0555 e. The van der Waals surface area contributed by atoms with E-state index in [1.165, 1.54) is 36.5 Å². The summed E-state index contributed by atoms with van der Waals surface area (Å²) in [7, 11) is 0. The van der Waals surface area contributed by atoms with Gasteiger partial charge in [-0.25, -0.2) is 0 Å². The maximum absolute atomic E-state index is 3.62. The average Bonchev–Trinajstić information content (AvgIpc) is 3.84. The van der Waals surface area contributed by atoms with Gasteiger partial charge in [0.1, 0.15) is 0 Å². The molecule has 11 aromatic rings. The molecule has 0 radical (unpaired) electrons. The highest BCUT2D eigenvalue weighted by Gasteiger charge is 2.21. The Morgan fingerprint density at radius 3 is 1.42 bits per heavy atom. The second-order valence-corrected chi connectivity index (χ2v) is 15.8. The van der Waals surface area contributed by atoms with E-state index < -0.39 is 0 Å². The van der Waals surface area contributed by atoms with Gasteiger partial charge in [-0.15, -0.1) is 11.3 Å². The lowest BCUT2D eigenvalue weighted by molar-refractivity contribution is 1.17. The van der Waals surface area contributed by atoms with Crippen LogP contribution in [0.25, 0.3) is 47.7 Å². The van der Waals surface area contributed by atoms with Crippen molar-refractivity contribution in [1.82, 2.24) is 4.57 Å². The van der Waals surface area contributed by atoms with Crippen LogP contribution in [0, 0.1) is 0 Å². The summed E-state index contributed by atoms with van der Waals surface area (Å²) < 4.78 is 5.00. The molecule has 59 heavy (non-hydrogen) atoms. The number of nitrogens with one attached hydrogen (secondary N) is 1. The molecule has 0 unspecified atom stereocenters. The van der Waals surface area contributed by atoms with Crippen LogP contribution in [0.5, 0.6) is 0 Å². The Morgan fingerprint density at radius 2 is 0.847 bits per heavy atom. The Hall–Kier alpha value is -7.60. The lowest BCUT2D eigenvalue weighted by Crippen LogP contribution is -2.10. The second kappa shape index (κ2) is 14.7. The van der Waals surface area contributed by atoms with Gasteiger partial charge in [-0.2, -0.15) is 0 Å². The number of benzene rings is 9. The third-order valence-corrected chi connectivity index (χ3v) is 12.3. The Bertz CT molecular complexity index is 3140. The van der Waals surface area contributed by atoms with Crippen LogP contribution >= 0.6 is 11.3 Å². The number of hydrogen-bond donors (Lipinski definition) is 1. The summed E-state index contributed by atoms with van der Waals surface area (Å²) in [5.41, 5.74) is 12.3. The number of hydrogen-bond acceptors (Lipinski definition) is 4. The van der Waals surface area contributed by atoms with Gasteiger partial charge in [0, 0.05) is 82.1 Å². The molecule has 9 aromatic carbocycles.